The lowest BCUT2D eigenvalue weighted by Crippen LogP contribution is -2.26. The minimum Gasteiger partial charge on any atom is -0.385 e. The van der Waals surface area contributed by atoms with Crippen LogP contribution in [0.2, 0.25) is 0 Å². The maximum absolute atomic E-state index is 5.15. The molecule has 2 unspecified atom stereocenters. The molecule has 0 aromatic carbocycles. The number of methoxy groups -OCH3 is 1. The van der Waals surface area contributed by atoms with Gasteiger partial charge in [-0.05, 0) is 46.9 Å². The minimum absolute atomic E-state index is 0.441. The van der Waals surface area contributed by atoms with Gasteiger partial charge in [-0.15, -0.1) is 11.3 Å². The van der Waals surface area contributed by atoms with Crippen LogP contribution in [0.5, 0.6) is 0 Å². The first kappa shape index (κ1) is 14.2. The quantitative estimate of drug-likeness (QED) is 0.826. The molecule has 92 valence electrons. The molecule has 1 heterocycles. The highest BCUT2D eigenvalue weighted by Crippen LogP contribution is 2.32. The zero-order chi connectivity index (χ0) is 12.0. The number of halogens is 1. The Bertz CT molecular complexity index is 303. The van der Waals surface area contributed by atoms with Crippen molar-refractivity contribution in [2.45, 2.75) is 26.3 Å². The van der Waals surface area contributed by atoms with Gasteiger partial charge in [0, 0.05) is 24.6 Å². The first-order valence-electron chi connectivity index (χ1n) is 5.66. The zero-order valence-corrected chi connectivity index (χ0v) is 12.5. The molecule has 2 nitrogen and oxygen atoms in total. The van der Waals surface area contributed by atoms with E-state index in [0.717, 1.165) is 19.6 Å². The molecule has 1 N–H and O–H groups in total. The number of nitrogens with one attached hydrogen (secondary N) is 1. The average molecular weight is 306 g/mol. The van der Waals surface area contributed by atoms with Gasteiger partial charge in [0.1, 0.15) is 0 Å². The van der Waals surface area contributed by atoms with Gasteiger partial charge >= 0.3 is 0 Å². The molecular formula is C12H20BrNOS. The van der Waals surface area contributed by atoms with Gasteiger partial charge in [0.2, 0.25) is 0 Å². The van der Waals surface area contributed by atoms with Crippen molar-refractivity contribution >= 4 is 27.3 Å². The Balaban J connectivity index is 2.66. The largest absolute Gasteiger partial charge is 0.385 e. The molecule has 1 aromatic heterocycles. The average Bonchev–Trinajstić information content (AvgIpc) is 2.69. The van der Waals surface area contributed by atoms with Gasteiger partial charge in [0.15, 0.2) is 0 Å². The summed E-state index contributed by atoms with van der Waals surface area (Å²) >= 11 is 5.33. The van der Waals surface area contributed by atoms with Crippen LogP contribution in [0.15, 0.2) is 15.9 Å². The molecule has 0 aliphatic rings. The summed E-state index contributed by atoms with van der Waals surface area (Å²) in [5.41, 5.74) is 0. The molecule has 0 radical (unpaired) electrons. The van der Waals surface area contributed by atoms with Gasteiger partial charge in [0.25, 0.3) is 0 Å². The molecule has 0 amide bonds. The van der Waals surface area contributed by atoms with Crippen LogP contribution in [0.1, 0.15) is 31.2 Å². The fraction of sp³-hybridized carbons (Fsp3) is 0.667. The predicted molar refractivity (Wildman–Crippen MR) is 74.1 cm³/mol. The Morgan fingerprint density at radius 2 is 2.25 bits per heavy atom. The van der Waals surface area contributed by atoms with Crippen LogP contribution >= 0.6 is 27.3 Å². The Morgan fingerprint density at radius 3 is 2.75 bits per heavy atom. The Kier molecular flexibility index (Phi) is 6.58. The molecule has 1 rings (SSSR count). The number of hydrogen-bond acceptors (Lipinski definition) is 3. The third-order valence-corrected chi connectivity index (χ3v) is 4.38. The fourth-order valence-corrected chi connectivity index (χ4v) is 3.40. The highest BCUT2D eigenvalue weighted by atomic mass is 79.9. The Morgan fingerprint density at radius 1 is 1.50 bits per heavy atom. The van der Waals surface area contributed by atoms with Gasteiger partial charge in [0.05, 0.1) is 3.79 Å². The number of hydrogen-bond donors (Lipinski definition) is 1. The van der Waals surface area contributed by atoms with Crippen molar-refractivity contribution in [2.24, 2.45) is 5.92 Å². The van der Waals surface area contributed by atoms with Crippen LogP contribution in [-0.2, 0) is 4.74 Å². The number of thiophene rings is 1. The molecule has 0 aliphatic carbocycles. The monoisotopic (exact) mass is 305 g/mol. The molecule has 0 fully saturated rings. The summed E-state index contributed by atoms with van der Waals surface area (Å²) in [6.07, 6.45) is 1.09. The van der Waals surface area contributed by atoms with Crippen molar-refractivity contribution in [3.05, 3.63) is 20.8 Å². The van der Waals surface area contributed by atoms with Crippen molar-refractivity contribution in [2.75, 3.05) is 20.3 Å². The van der Waals surface area contributed by atoms with Crippen LogP contribution in [-0.4, -0.2) is 20.3 Å². The lowest BCUT2D eigenvalue weighted by Gasteiger charge is -2.23. The van der Waals surface area contributed by atoms with Crippen LogP contribution in [0, 0.1) is 5.92 Å². The second-order valence-electron chi connectivity index (χ2n) is 3.94. The van der Waals surface area contributed by atoms with E-state index in [-0.39, 0.29) is 0 Å². The first-order valence-corrected chi connectivity index (χ1v) is 7.27. The number of ether oxygens (including phenoxy) is 1. The van der Waals surface area contributed by atoms with E-state index in [2.05, 4.69) is 47.2 Å². The van der Waals surface area contributed by atoms with E-state index in [0.29, 0.717) is 12.0 Å². The van der Waals surface area contributed by atoms with E-state index >= 15 is 0 Å². The summed E-state index contributed by atoms with van der Waals surface area (Å²) < 4.78 is 6.35. The molecule has 0 bridgehead atoms. The van der Waals surface area contributed by atoms with Crippen molar-refractivity contribution in [3.63, 3.8) is 0 Å². The summed E-state index contributed by atoms with van der Waals surface area (Å²) in [7, 11) is 1.76. The lowest BCUT2D eigenvalue weighted by molar-refractivity contribution is 0.171. The lowest BCUT2D eigenvalue weighted by atomic mass is 9.97. The highest BCUT2D eigenvalue weighted by Gasteiger charge is 2.19. The van der Waals surface area contributed by atoms with E-state index in [1.165, 1.54) is 8.66 Å². The number of rotatable bonds is 7. The second-order valence-corrected chi connectivity index (χ2v) is 6.43. The minimum atomic E-state index is 0.441. The van der Waals surface area contributed by atoms with Crippen LogP contribution in [0.3, 0.4) is 0 Å². The zero-order valence-electron chi connectivity index (χ0n) is 10.1. The molecule has 2 atom stereocenters. The summed E-state index contributed by atoms with van der Waals surface area (Å²) in [5, 5.41) is 3.55. The molecule has 0 saturated carbocycles. The van der Waals surface area contributed by atoms with Gasteiger partial charge in [-0.1, -0.05) is 13.8 Å². The van der Waals surface area contributed by atoms with Crippen molar-refractivity contribution in [1.29, 1.82) is 0 Å². The van der Waals surface area contributed by atoms with Crippen LogP contribution in [0.4, 0.5) is 0 Å². The summed E-state index contributed by atoms with van der Waals surface area (Å²) in [6.45, 7) is 6.26. The van der Waals surface area contributed by atoms with Gasteiger partial charge in [-0.2, -0.15) is 0 Å². The third-order valence-electron chi connectivity index (χ3n) is 2.67. The highest BCUT2D eigenvalue weighted by molar-refractivity contribution is 9.11. The maximum Gasteiger partial charge on any atom is 0.0701 e. The predicted octanol–water partition coefficient (Wildman–Crippen LogP) is 3.83. The van der Waals surface area contributed by atoms with Crippen molar-refractivity contribution in [1.82, 2.24) is 5.32 Å². The standard InChI is InChI=1S/C12H20BrNOS/c1-4-14-12(9(2)7-8-15-3)10-5-6-11(13)16-10/h5-6,9,12,14H,4,7-8H2,1-3H3. The smallest absolute Gasteiger partial charge is 0.0701 e. The van der Waals surface area contributed by atoms with E-state index in [1.54, 1.807) is 7.11 Å². The van der Waals surface area contributed by atoms with Gasteiger partial charge in [-0.25, -0.2) is 0 Å². The summed E-state index contributed by atoms with van der Waals surface area (Å²) in [5.74, 6) is 0.588. The van der Waals surface area contributed by atoms with Gasteiger partial charge in [-0.3, -0.25) is 0 Å². The molecule has 0 spiro atoms. The molecule has 0 saturated heterocycles. The summed E-state index contributed by atoms with van der Waals surface area (Å²) in [6, 6.07) is 4.76. The fourth-order valence-electron chi connectivity index (χ4n) is 1.77. The first-order chi connectivity index (χ1) is 7.69. The van der Waals surface area contributed by atoms with Gasteiger partial charge < -0.3 is 10.1 Å². The van der Waals surface area contributed by atoms with Crippen molar-refractivity contribution in [3.8, 4) is 0 Å². The second kappa shape index (κ2) is 7.43. The third kappa shape index (κ3) is 4.17. The van der Waals surface area contributed by atoms with Crippen LogP contribution < -0.4 is 5.32 Å². The van der Waals surface area contributed by atoms with E-state index in [4.69, 9.17) is 4.74 Å². The van der Waals surface area contributed by atoms with Crippen molar-refractivity contribution < 1.29 is 4.74 Å². The SMILES string of the molecule is CCNC(c1ccc(Br)s1)C(C)CCOC. The van der Waals surface area contributed by atoms with Crippen LogP contribution in [0.25, 0.3) is 0 Å². The molecule has 0 aliphatic heterocycles. The topological polar surface area (TPSA) is 21.3 Å². The van der Waals surface area contributed by atoms with E-state index in [1.807, 2.05) is 11.3 Å². The van der Waals surface area contributed by atoms with E-state index < -0.39 is 0 Å². The Labute approximate surface area is 111 Å². The molecular weight excluding hydrogens is 286 g/mol. The normalized spacial score (nSPS) is 15.0. The van der Waals surface area contributed by atoms with E-state index in [9.17, 15) is 0 Å². The summed E-state index contributed by atoms with van der Waals surface area (Å²) in [4.78, 5) is 1.40. The Hall–Kier alpha value is 0.1000. The maximum atomic E-state index is 5.15. The molecule has 1 aromatic rings. The molecule has 16 heavy (non-hydrogen) atoms. The molecule has 4 heteroatoms.